The molecule has 172 valence electrons. The van der Waals surface area contributed by atoms with E-state index >= 15 is 0 Å². The van der Waals surface area contributed by atoms with Crippen molar-refractivity contribution in [2.45, 2.75) is 31.5 Å². The molecule has 34 heavy (non-hydrogen) atoms. The first kappa shape index (κ1) is 22.0. The van der Waals surface area contributed by atoms with Gasteiger partial charge in [0.25, 0.3) is 6.47 Å². The van der Waals surface area contributed by atoms with Gasteiger partial charge in [-0.1, -0.05) is 59.2 Å². The first-order chi connectivity index (χ1) is 16.5. The van der Waals surface area contributed by atoms with Gasteiger partial charge < -0.3 is 14.0 Å². The third-order valence-electron chi connectivity index (χ3n) is 6.06. The van der Waals surface area contributed by atoms with Crippen LogP contribution in [0.2, 0.25) is 5.02 Å². The number of benzene rings is 3. The van der Waals surface area contributed by atoms with Crippen LogP contribution in [0.4, 0.5) is 10.5 Å². The summed E-state index contributed by atoms with van der Waals surface area (Å²) in [6.45, 7) is 2.26. The van der Waals surface area contributed by atoms with Crippen LogP contribution in [0.3, 0.4) is 0 Å². The van der Waals surface area contributed by atoms with E-state index in [1.165, 1.54) is 0 Å². The molecule has 1 amide bonds. The highest BCUT2D eigenvalue weighted by Gasteiger charge is 2.46. The van der Waals surface area contributed by atoms with Crippen LogP contribution in [0, 0.1) is 0 Å². The van der Waals surface area contributed by atoms with Crippen LogP contribution < -0.4 is 5.32 Å². The summed E-state index contributed by atoms with van der Waals surface area (Å²) in [4.78, 5) is 23.5. The van der Waals surface area contributed by atoms with E-state index in [1.807, 2.05) is 54.6 Å². The molecule has 1 aromatic heterocycles. The Bertz CT molecular complexity index is 1360. The molecule has 5 rings (SSSR count). The number of ether oxygens (including phenoxy) is 2. The van der Waals surface area contributed by atoms with Crippen molar-refractivity contribution in [3.63, 3.8) is 0 Å². The lowest BCUT2D eigenvalue weighted by atomic mass is 9.99. The highest BCUT2D eigenvalue weighted by molar-refractivity contribution is 6.31. The zero-order chi connectivity index (χ0) is 23.7. The van der Waals surface area contributed by atoms with Gasteiger partial charge in [0.1, 0.15) is 11.7 Å². The lowest BCUT2D eigenvalue weighted by Crippen LogP contribution is -2.16. The first-order valence-electron chi connectivity index (χ1n) is 10.8. The summed E-state index contributed by atoms with van der Waals surface area (Å²) in [5.74, 6) is 0. The van der Waals surface area contributed by atoms with Crippen molar-refractivity contribution in [3.8, 4) is 11.1 Å². The molecular weight excluding hydrogens is 456 g/mol. The minimum atomic E-state index is -0.621. The number of hydrogen-bond acceptors (Lipinski definition) is 6. The van der Waals surface area contributed by atoms with Crippen molar-refractivity contribution in [1.82, 2.24) is 5.16 Å². The Hall–Kier alpha value is -3.84. The van der Waals surface area contributed by atoms with Gasteiger partial charge in [0.05, 0.1) is 17.3 Å². The molecule has 0 bridgehead atoms. The average Bonchev–Trinajstić information content (AvgIpc) is 3.45. The van der Waals surface area contributed by atoms with E-state index in [2.05, 4.69) is 10.5 Å². The van der Waals surface area contributed by atoms with Crippen molar-refractivity contribution in [1.29, 1.82) is 0 Å². The summed E-state index contributed by atoms with van der Waals surface area (Å²) in [6.07, 6.45) is 2.02. The fraction of sp³-hybridized carbons (Fsp3) is 0.192. The Balaban J connectivity index is 1.38. The summed E-state index contributed by atoms with van der Waals surface area (Å²) in [5, 5.41) is 7.85. The third kappa shape index (κ3) is 4.22. The van der Waals surface area contributed by atoms with Crippen molar-refractivity contribution in [2.24, 2.45) is 0 Å². The highest BCUT2D eigenvalue weighted by Crippen LogP contribution is 2.49. The van der Waals surface area contributed by atoms with E-state index in [1.54, 1.807) is 19.2 Å². The maximum absolute atomic E-state index is 12.7. The van der Waals surface area contributed by atoms with Crippen molar-refractivity contribution < 1.29 is 23.6 Å². The normalized spacial score (nSPS) is 14.9. The molecule has 1 aliphatic rings. The van der Waals surface area contributed by atoms with Crippen LogP contribution in [0.25, 0.3) is 22.1 Å². The smallest absolute Gasteiger partial charge is 0.412 e. The van der Waals surface area contributed by atoms with Crippen LogP contribution in [-0.2, 0) is 19.9 Å². The molecule has 0 radical (unpaired) electrons. The predicted octanol–water partition coefficient (Wildman–Crippen LogP) is 6.62. The molecule has 7 nitrogen and oxygen atoms in total. The Kier molecular flexibility index (Phi) is 5.71. The number of rotatable bonds is 7. The monoisotopic (exact) mass is 476 g/mol. The fourth-order valence-electron chi connectivity index (χ4n) is 4.06. The Morgan fingerprint density at radius 2 is 1.91 bits per heavy atom. The fourth-order valence-corrected chi connectivity index (χ4v) is 4.35. The van der Waals surface area contributed by atoms with Gasteiger partial charge in [0, 0.05) is 10.6 Å². The maximum Gasteiger partial charge on any atom is 0.412 e. The van der Waals surface area contributed by atoms with E-state index in [0.717, 1.165) is 35.1 Å². The SMILES string of the molecule is CC(OC(=O)Nc1cc(-c2ccc(C3(OC=O)CC3)cc2)cc2oncc12)c1ccccc1Cl. The second-order valence-electron chi connectivity index (χ2n) is 8.24. The molecule has 0 spiro atoms. The molecule has 1 saturated carbocycles. The second kappa shape index (κ2) is 8.83. The van der Waals surface area contributed by atoms with Crippen LogP contribution in [0.5, 0.6) is 0 Å². The molecule has 1 fully saturated rings. The summed E-state index contributed by atoms with van der Waals surface area (Å²) in [5.41, 5.74) is 3.95. The van der Waals surface area contributed by atoms with Crippen molar-refractivity contribution in [3.05, 3.63) is 83.0 Å². The molecule has 1 unspecified atom stereocenters. The molecule has 1 heterocycles. The number of carbonyl (C=O) groups excluding carboxylic acids is 2. The number of nitrogens with zero attached hydrogens (tertiary/aromatic N) is 1. The number of halogens is 1. The number of aromatic nitrogens is 1. The molecular formula is C26H21ClN2O5. The minimum absolute atomic E-state index is 0.496. The molecule has 1 atom stereocenters. The molecule has 0 aliphatic heterocycles. The average molecular weight is 477 g/mol. The molecule has 8 heteroatoms. The van der Waals surface area contributed by atoms with E-state index in [-0.39, 0.29) is 0 Å². The number of carbonyl (C=O) groups is 2. The van der Waals surface area contributed by atoms with E-state index in [4.69, 9.17) is 25.6 Å². The molecule has 3 aromatic carbocycles. The standard InChI is InChI=1S/C26H21ClN2O5/c1-16(20-4-2-3-5-22(20)27)33-25(31)29-23-12-18(13-24-21(23)14-28-34-24)17-6-8-19(9-7-17)26(10-11-26)32-15-30/h2-9,12-16H,10-11H2,1H3,(H,29,31). The molecule has 4 aromatic rings. The van der Waals surface area contributed by atoms with E-state index < -0.39 is 17.8 Å². The van der Waals surface area contributed by atoms with Gasteiger partial charge in [-0.3, -0.25) is 10.1 Å². The first-order valence-corrected chi connectivity index (χ1v) is 11.2. The number of hydrogen-bond donors (Lipinski definition) is 1. The predicted molar refractivity (Wildman–Crippen MR) is 127 cm³/mol. The summed E-state index contributed by atoms with van der Waals surface area (Å²) < 4.78 is 16.2. The van der Waals surface area contributed by atoms with E-state index in [0.29, 0.717) is 28.2 Å². The summed E-state index contributed by atoms with van der Waals surface area (Å²) in [6, 6.07) is 18.7. The topological polar surface area (TPSA) is 90.7 Å². The highest BCUT2D eigenvalue weighted by atomic mass is 35.5. The Morgan fingerprint density at radius 1 is 1.15 bits per heavy atom. The Morgan fingerprint density at radius 3 is 2.62 bits per heavy atom. The van der Waals surface area contributed by atoms with Gasteiger partial charge in [0.2, 0.25) is 0 Å². The molecule has 0 saturated heterocycles. The van der Waals surface area contributed by atoms with Gasteiger partial charge in [0.15, 0.2) is 5.58 Å². The van der Waals surface area contributed by atoms with Gasteiger partial charge in [-0.25, -0.2) is 4.79 Å². The zero-order valence-corrected chi connectivity index (χ0v) is 19.0. The minimum Gasteiger partial charge on any atom is -0.456 e. The lowest BCUT2D eigenvalue weighted by molar-refractivity contribution is -0.136. The van der Waals surface area contributed by atoms with Gasteiger partial charge in [-0.15, -0.1) is 0 Å². The Labute approximate surface area is 200 Å². The van der Waals surface area contributed by atoms with Crippen LogP contribution in [0.1, 0.15) is 37.0 Å². The van der Waals surface area contributed by atoms with E-state index in [9.17, 15) is 9.59 Å². The summed E-state index contributed by atoms with van der Waals surface area (Å²) in [7, 11) is 0. The lowest BCUT2D eigenvalue weighted by Gasteiger charge is -2.16. The zero-order valence-electron chi connectivity index (χ0n) is 18.3. The number of nitrogens with one attached hydrogen (secondary N) is 1. The van der Waals surface area contributed by atoms with Gasteiger partial charge >= 0.3 is 6.09 Å². The second-order valence-corrected chi connectivity index (χ2v) is 8.65. The third-order valence-corrected chi connectivity index (χ3v) is 6.41. The quantitative estimate of drug-likeness (QED) is 0.301. The van der Waals surface area contributed by atoms with Gasteiger partial charge in [-0.2, -0.15) is 0 Å². The van der Waals surface area contributed by atoms with Gasteiger partial charge in [-0.05, 0) is 54.7 Å². The maximum atomic E-state index is 12.7. The van der Waals surface area contributed by atoms with Crippen LogP contribution in [0.15, 0.2) is 71.4 Å². The van der Waals surface area contributed by atoms with Crippen LogP contribution >= 0.6 is 11.6 Å². The molecule has 1 aliphatic carbocycles. The largest absolute Gasteiger partial charge is 0.456 e. The molecule has 1 N–H and O–H groups in total. The van der Waals surface area contributed by atoms with Crippen molar-refractivity contribution >= 4 is 40.8 Å². The summed E-state index contributed by atoms with van der Waals surface area (Å²) >= 11 is 6.22. The number of amides is 1. The number of anilines is 1. The van der Waals surface area contributed by atoms with Crippen LogP contribution in [-0.4, -0.2) is 17.7 Å². The number of fused-ring (bicyclic) bond motifs is 1. The van der Waals surface area contributed by atoms with Crippen molar-refractivity contribution in [2.75, 3.05) is 5.32 Å².